The lowest BCUT2D eigenvalue weighted by Crippen LogP contribution is -2.39. The zero-order chi connectivity index (χ0) is 15.5. The first-order valence-corrected chi connectivity index (χ1v) is 8.56. The van der Waals surface area contributed by atoms with Crippen molar-refractivity contribution in [2.75, 3.05) is 26.7 Å². The highest BCUT2D eigenvalue weighted by molar-refractivity contribution is 9.10. The van der Waals surface area contributed by atoms with Gasteiger partial charge in [-0.2, -0.15) is 5.10 Å². The third kappa shape index (κ3) is 3.17. The lowest BCUT2D eigenvalue weighted by atomic mass is 9.93. The van der Waals surface area contributed by atoms with Crippen molar-refractivity contribution in [2.45, 2.75) is 19.3 Å². The number of H-pyrrole nitrogens is 1. The maximum atomic E-state index is 12.7. The van der Waals surface area contributed by atoms with Gasteiger partial charge in [0.15, 0.2) is 5.69 Å². The molecule has 1 aliphatic rings. The molecule has 0 atom stereocenters. The van der Waals surface area contributed by atoms with Crippen LogP contribution in [-0.4, -0.2) is 47.7 Å². The van der Waals surface area contributed by atoms with E-state index in [1.807, 2.05) is 30.1 Å². The van der Waals surface area contributed by atoms with Crippen LogP contribution < -0.4 is 5.32 Å². The van der Waals surface area contributed by atoms with Gasteiger partial charge in [-0.1, -0.05) is 15.9 Å². The number of nitrogens with one attached hydrogen (secondary N) is 2. The summed E-state index contributed by atoms with van der Waals surface area (Å²) < 4.78 is 0.959. The van der Waals surface area contributed by atoms with Gasteiger partial charge in [0.1, 0.15) is 0 Å². The van der Waals surface area contributed by atoms with Crippen molar-refractivity contribution in [3.8, 4) is 0 Å². The smallest absolute Gasteiger partial charge is 0.274 e. The monoisotopic (exact) mass is 364 g/mol. The zero-order valence-corrected chi connectivity index (χ0v) is 14.3. The van der Waals surface area contributed by atoms with Gasteiger partial charge in [-0.3, -0.25) is 9.89 Å². The maximum absolute atomic E-state index is 12.7. The number of fused-ring (bicyclic) bond motifs is 1. The number of hydrogen-bond donors (Lipinski definition) is 2. The molecule has 0 aliphatic carbocycles. The minimum absolute atomic E-state index is 0.0383. The van der Waals surface area contributed by atoms with Gasteiger partial charge in [-0.05, 0) is 57.0 Å². The Hall–Kier alpha value is -1.40. The molecule has 0 unspecified atom stereocenters. The first-order valence-electron chi connectivity index (χ1n) is 7.76. The number of nitrogens with zero attached hydrogens (tertiary/aromatic N) is 2. The molecule has 0 radical (unpaired) electrons. The summed E-state index contributed by atoms with van der Waals surface area (Å²) in [7, 11) is 1.99. The molecule has 2 N–H and O–H groups in total. The second-order valence-corrected chi connectivity index (χ2v) is 6.81. The normalized spacial score (nSPS) is 16.4. The predicted molar refractivity (Wildman–Crippen MR) is 91.0 cm³/mol. The number of benzene rings is 1. The van der Waals surface area contributed by atoms with Crippen molar-refractivity contribution in [3.63, 3.8) is 0 Å². The summed E-state index contributed by atoms with van der Waals surface area (Å²) in [5, 5.41) is 11.3. The number of carbonyl (C=O) groups excluding carboxylic acids is 1. The Morgan fingerprint density at radius 1 is 1.45 bits per heavy atom. The molecule has 6 heteroatoms. The van der Waals surface area contributed by atoms with Gasteiger partial charge >= 0.3 is 0 Å². The van der Waals surface area contributed by atoms with Gasteiger partial charge in [-0.25, -0.2) is 0 Å². The van der Waals surface area contributed by atoms with Crippen LogP contribution >= 0.6 is 15.9 Å². The molecule has 5 nitrogen and oxygen atoms in total. The third-order valence-corrected chi connectivity index (χ3v) is 4.93. The highest BCUT2D eigenvalue weighted by atomic mass is 79.9. The molecule has 1 saturated heterocycles. The highest BCUT2D eigenvalue weighted by Gasteiger charge is 2.26. The van der Waals surface area contributed by atoms with Gasteiger partial charge in [0.2, 0.25) is 0 Å². The standard InChI is InChI=1S/C16H21BrN4O/c1-18-7-4-11-5-8-21(9-6-11)16(22)15-13-10-12(17)2-3-14(13)19-20-15/h2-3,10-11,18H,4-9H2,1H3,(H,19,20). The Kier molecular flexibility index (Phi) is 4.78. The predicted octanol–water partition coefficient (Wildman–Crippen LogP) is 2.79. The molecule has 1 aromatic carbocycles. The second-order valence-electron chi connectivity index (χ2n) is 5.89. The number of carbonyl (C=O) groups is 1. The van der Waals surface area contributed by atoms with Crippen LogP contribution in [0.3, 0.4) is 0 Å². The Labute approximate surface area is 138 Å². The number of rotatable bonds is 4. The van der Waals surface area contributed by atoms with Crippen LogP contribution in [-0.2, 0) is 0 Å². The molecule has 1 amide bonds. The summed E-state index contributed by atoms with van der Waals surface area (Å²) in [6.45, 7) is 2.71. The topological polar surface area (TPSA) is 61.0 Å². The van der Waals surface area contributed by atoms with Crippen LogP contribution in [0.2, 0.25) is 0 Å². The first-order chi connectivity index (χ1) is 10.7. The van der Waals surface area contributed by atoms with E-state index in [1.165, 1.54) is 6.42 Å². The molecule has 2 aromatic rings. The van der Waals surface area contributed by atoms with Gasteiger partial charge in [0.25, 0.3) is 5.91 Å². The average molecular weight is 365 g/mol. The lowest BCUT2D eigenvalue weighted by Gasteiger charge is -2.31. The number of likely N-dealkylation sites (tertiary alicyclic amines) is 1. The van der Waals surface area contributed by atoms with E-state index in [0.29, 0.717) is 5.69 Å². The minimum Gasteiger partial charge on any atom is -0.337 e. The van der Waals surface area contributed by atoms with Gasteiger partial charge in [0, 0.05) is 22.9 Å². The number of hydrogen-bond acceptors (Lipinski definition) is 3. The van der Waals surface area contributed by atoms with Crippen LogP contribution in [0.15, 0.2) is 22.7 Å². The lowest BCUT2D eigenvalue weighted by molar-refractivity contribution is 0.0683. The van der Waals surface area contributed by atoms with Gasteiger partial charge < -0.3 is 10.2 Å². The summed E-state index contributed by atoms with van der Waals surface area (Å²) in [5.41, 5.74) is 1.43. The summed E-state index contributed by atoms with van der Waals surface area (Å²) in [4.78, 5) is 14.7. The van der Waals surface area contributed by atoms with Crippen LogP contribution in [0.1, 0.15) is 29.8 Å². The van der Waals surface area contributed by atoms with Crippen molar-refractivity contribution in [1.82, 2.24) is 20.4 Å². The molecular weight excluding hydrogens is 344 g/mol. The highest BCUT2D eigenvalue weighted by Crippen LogP contribution is 2.25. The summed E-state index contributed by atoms with van der Waals surface area (Å²) >= 11 is 3.46. The molecule has 2 heterocycles. The maximum Gasteiger partial charge on any atom is 0.274 e. The van der Waals surface area contributed by atoms with Crippen LogP contribution in [0, 0.1) is 5.92 Å². The SMILES string of the molecule is CNCCC1CCN(C(=O)c2n[nH]c3ccc(Br)cc23)CC1. The Morgan fingerprint density at radius 2 is 2.23 bits per heavy atom. The van der Waals surface area contributed by atoms with Gasteiger partial charge in [0.05, 0.1) is 5.52 Å². The number of amides is 1. The zero-order valence-electron chi connectivity index (χ0n) is 12.7. The Bertz CT molecular complexity index is 661. The van der Waals surface area contributed by atoms with Crippen molar-refractivity contribution in [3.05, 3.63) is 28.4 Å². The Balaban J connectivity index is 1.70. The molecule has 22 heavy (non-hydrogen) atoms. The fourth-order valence-electron chi connectivity index (χ4n) is 3.07. The number of aromatic amines is 1. The van der Waals surface area contributed by atoms with Crippen molar-refractivity contribution in [2.24, 2.45) is 5.92 Å². The molecule has 118 valence electrons. The van der Waals surface area contributed by atoms with E-state index in [2.05, 4.69) is 31.4 Å². The number of halogens is 1. The largest absolute Gasteiger partial charge is 0.337 e. The van der Waals surface area contributed by atoms with Crippen molar-refractivity contribution < 1.29 is 4.79 Å². The van der Waals surface area contributed by atoms with Crippen LogP contribution in [0.5, 0.6) is 0 Å². The van der Waals surface area contributed by atoms with Gasteiger partial charge in [-0.15, -0.1) is 0 Å². The van der Waals surface area contributed by atoms with E-state index < -0.39 is 0 Å². The second kappa shape index (κ2) is 6.79. The first kappa shape index (κ1) is 15.5. The van der Waals surface area contributed by atoms with Crippen LogP contribution in [0.25, 0.3) is 10.9 Å². The van der Waals surface area contributed by atoms with E-state index in [0.717, 1.165) is 53.8 Å². The Morgan fingerprint density at radius 3 is 2.95 bits per heavy atom. The van der Waals surface area contributed by atoms with E-state index in [4.69, 9.17) is 0 Å². The fourth-order valence-corrected chi connectivity index (χ4v) is 3.43. The van der Waals surface area contributed by atoms with E-state index in [1.54, 1.807) is 0 Å². The number of aromatic nitrogens is 2. The molecule has 1 aliphatic heterocycles. The molecule has 0 spiro atoms. The average Bonchev–Trinajstić information content (AvgIpc) is 2.95. The minimum atomic E-state index is 0.0383. The summed E-state index contributed by atoms with van der Waals surface area (Å²) in [6.07, 6.45) is 3.36. The van der Waals surface area contributed by atoms with E-state index in [9.17, 15) is 4.79 Å². The van der Waals surface area contributed by atoms with Crippen molar-refractivity contribution in [1.29, 1.82) is 0 Å². The molecule has 0 saturated carbocycles. The third-order valence-electron chi connectivity index (χ3n) is 4.43. The quantitative estimate of drug-likeness (QED) is 0.876. The summed E-state index contributed by atoms with van der Waals surface area (Å²) in [6, 6.07) is 5.83. The molecular formula is C16H21BrN4O. The fraction of sp³-hybridized carbons (Fsp3) is 0.500. The molecule has 1 aromatic heterocycles. The van der Waals surface area contributed by atoms with E-state index >= 15 is 0 Å². The van der Waals surface area contributed by atoms with E-state index in [-0.39, 0.29) is 5.91 Å². The molecule has 3 rings (SSSR count). The number of piperidine rings is 1. The summed E-state index contributed by atoms with van der Waals surface area (Å²) in [5.74, 6) is 0.762. The van der Waals surface area contributed by atoms with Crippen LogP contribution in [0.4, 0.5) is 0 Å². The van der Waals surface area contributed by atoms with Crippen molar-refractivity contribution >= 4 is 32.7 Å². The molecule has 0 bridgehead atoms. The molecule has 1 fully saturated rings.